The molecule has 0 aromatic heterocycles. The second kappa shape index (κ2) is 10.0. The van der Waals surface area contributed by atoms with Crippen LogP contribution in [0.15, 0.2) is 18.2 Å². The van der Waals surface area contributed by atoms with Gasteiger partial charge in [-0.15, -0.1) is 0 Å². The SMILES string of the molecule is CCCOc1ccc(C(=O)N2CCCC(CCC(=O)O)C2)cc1OCC. The van der Waals surface area contributed by atoms with Crippen LogP contribution in [-0.2, 0) is 4.79 Å². The number of carboxylic acid groups (broad SMARTS) is 1. The van der Waals surface area contributed by atoms with Crippen LogP contribution in [0.2, 0.25) is 0 Å². The summed E-state index contributed by atoms with van der Waals surface area (Å²) in [6.07, 6.45) is 3.56. The van der Waals surface area contributed by atoms with E-state index in [0.29, 0.717) is 49.8 Å². The lowest BCUT2D eigenvalue weighted by Gasteiger charge is -2.32. The third kappa shape index (κ3) is 5.64. The molecule has 0 radical (unpaired) electrons. The van der Waals surface area contributed by atoms with E-state index in [4.69, 9.17) is 14.6 Å². The van der Waals surface area contributed by atoms with Gasteiger partial charge < -0.3 is 19.5 Å². The number of amides is 1. The lowest BCUT2D eigenvalue weighted by Crippen LogP contribution is -2.40. The molecule has 1 atom stereocenters. The third-order valence-electron chi connectivity index (χ3n) is 4.52. The Morgan fingerprint density at radius 1 is 1.23 bits per heavy atom. The molecule has 0 aliphatic carbocycles. The maximum absolute atomic E-state index is 12.9. The maximum atomic E-state index is 12.9. The molecule has 0 spiro atoms. The molecule has 1 heterocycles. The van der Waals surface area contributed by atoms with Crippen LogP contribution in [0.1, 0.15) is 56.3 Å². The fourth-order valence-electron chi connectivity index (χ4n) is 3.24. The van der Waals surface area contributed by atoms with Crippen LogP contribution in [-0.4, -0.2) is 48.2 Å². The largest absolute Gasteiger partial charge is 0.490 e. The Balaban J connectivity index is 2.07. The normalized spacial score (nSPS) is 17.0. The summed E-state index contributed by atoms with van der Waals surface area (Å²) in [6.45, 7) is 6.36. The van der Waals surface area contributed by atoms with E-state index in [9.17, 15) is 9.59 Å². The minimum absolute atomic E-state index is 0.0342. The van der Waals surface area contributed by atoms with E-state index in [1.54, 1.807) is 18.2 Å². The smallest absolute Gasteiger partial charge is 0.303 e. The third-order valence-corrected chi connectivity index (χ3v) is 4.52. The fraction of sp³-hybridized carbons (Fsp3) is 0.600. The molecule has 6 heteroatoms. The molecule has 0 saturated carbocycles. The lowest BCUT2D eigenvalue weighted by molar-refractivity contribution is -0.137. The first-order chi connectivity index (χ1) is 12.5. The number of hydrogen-bond donors (Lipinski definition) is 1. The second-order valence-corrected chi connectivity index (χ2v) is 6.63. The van der Waals surface area contributed by atoms with Crippen LogP contribution in [0.25, 0.3) is 0 Å². The van der Waals surface area contributed by atoms with Gasteiger partial charge in [0.25, 0.3) is 5.91 Å². The zero-order valence-corrected chi connectivity index (χ0v) is 15.7. The Kier molecular flexibility index (Phi) is 7.75. The molecule has 1 unspecified atom stereocenters. The summed E-state index contributed by atoms with van der Waals surface area (Å²) in [6, 6.07) is 5.31. The molecule has 1 aliphatic heterocycles. The maximum Gasteiger partial charge on any atom is 0.303 e. The Labute approximate surface area is 155 Å². The van der Waals surface area contributed by atoms with Crippen LogP contribution in [0.4, 0.5) is 0 Å². The summed E-state index contributed by atoms with van der Waals surface area (Å²) >= 11 is 0. The van der Waals surface area contributed by atoms with Crippen molar-refractivity contribution in [2.45, 2.75) is 46.0 Å². The fourth-order valence-corrected chi connectivity index (χ4v) is 3.24. The van der Waals surface area contributed by atoms with Gasteiger partial charge in [-0.3, -0.25) is 9.59 Å². The van der Waals surface area contributed by atoms with Crippen molar-refractivity contribution in [1.82, 2.24) is 4.90 Å². The number of carbonyl (C=O) groups excluding carboxylic acids is 1. The number of carboxylic acids is 1. The molecule has 0 bridgehead atoms. The van der Waals surface area contributed by atoms with Crippen LogP contribution >= 0.6 is 0 Å². The molecule has 1 N–H and O–H groups in total. The molecule has 6 nitrogen and oxygen atoms in total. The van der Waals surface area contributed by atoms with E-state index in [2.05, 4.69) is 0 Å². The Morgan fingerprint density at radius 2 is 2.04 bits per heavy atom. The molecular weight excluding hydrogens is 334 g/mol. The van der Waals surface area contributed by atoms with Gasteiger partial charge in [-0.1, -0.05) is 6.92 Å². The summed E-state index contributed by atoms with van der Waals surface area (Å²) in [5, 5.41) is 8.86. The van der Waals surface area contributed by atoms with Crippen molar-refractivity contribution in [1.29, 1.82) is 0 Å². The first-order valence-corrected chi connectivity index (χ1v) is 9.45. The Hall–Kier alpha value is -2.24. The topological polar surface area (TPSA) is 76.1 Å². The zero-order valence-electron chi connectivity index (χ0n) is 15.7. The Bertz CT molecular complexity index is 616. The van der Waals surface area contributed by atoms with Crippen molar-refractivity contribution in [3.05, 3.63) is 23.8 Å². The monoisotopic (exact) mass is 363 g/mol. The molecule has 2 rings (SSSR count). The highest BCUT2D eigenvalue weighted by molar-refractivity contribution is 5.95. The van der Waals surface area contributed by atoms with Gasteiger partial charge in [-0.25, -0.2) is 0 Å². The van der Waals surface area contributed by atoms with E-state index in [-0.39, 0.29) is 18.2 Å². The predicted octanol–water partition coefficient (Wildman–Crippen LogP) is 3.59. The van der Waals surface area contributed by atoms with Gasteiger partial charge in [0, 0.05) is 25.1 Å². The highest BCUT2D eigenvalue weighted by Gasteiger charge is 2.25. The summed E-state index contributed by atoms with van der Waals surface area (Å²) in [5.74, 6) is 0.683. The van der Waals surface area contributed by atoms with E-state index >= 15 is 0 Å². The summed E-state index contributed by atoms with van der Waals surface area (Å²) < 4.78 is 11.3. The van der Waals surface area contributed by atoms with Gasteiger partial charge in [-0.2, -0.15) is 0 Å². The second-order valence-electron chi connectivity index (χ2n) is 6.63. The van der Waals surface area contributed by atoms with Crippen LogP contribution in [0.5, 0.6) is 11.5 Å². The molecule has 1 aliphatic rings. The number of nitrogens with zero attached hydrogens (tertiary/aromatic N) is 1. The first-order valence-electron chi connectivity index (χ1n) is 9.45. The van der Waals surface area contributed by atoms with Crippen molar-refractivity contribution in [3.63, 3.8) is 0 Å². The molecule has 1 amide bonds. The van der Waals surface area contributed by atoms with Crippen molar-refractivity contribution >= 4 is 11.9 Å². The standard InChI is InChI=1S/C20H29NO5/c1-3-12-26-17-9-8-16(13-18(17)25-4-2)20(24)21-11-5-6-15(14-21)7-10-19(22)23/h8-9,13,15H,3-7,10-12,14H2,1-2H3,(H,22,23). The zero-order chi connectivity index (χ0) is 18.9. The highest BCUT2D eigenvalue weighted by Crippen LogP contribution is 2.30. The highest BCUT2D eigenvalue weighted by atomic mass is 16.5. The minimum Gasteiger partial charge on any atom is -0.490 e. The molecule has 1 aromatic carbocycles. The van der Waals surface area contributed by atoms with Gasteiger partial charge in [0.15, 0.2) is 11.5 Å². The Morgan fingerprint density at radius 3 is 2.73 bits per heavy atom. The summed E-state index contributed by atoms with van der Waals surface area (Å²) in [4.78, 5) is 25.5. The quantitative estimate of drug-likeness (QED) is 0.725. The van der Waals surface area contributed by atoms with Crippen molar-refractivity contribution in [2.75, 3.05) is 26.3 Å². The van der Waals surface area contributed by atoms with Gasteiger partial charge >= 0.3 is 5.97 Å². The van der Waals surface area contributed by atoms with Crippen molar-refractivity contribution in [3.8, 4) is 11.5 Å². The van der Waals surface area contributed by atoms with E-state index < -0.39 is 5.97 Å². The van der Waals surface area contributed by atoms with Gasteiger partial charge in [0.1, 0.15) is 0 Å². The molecular formula is C20H29NO5. The molecule has 144 valence electrons. The van der Waals surface area contributed by atoms with Gasteiger partial charge in [0.05, 0.1) is 13.2 Å². The van der Waals surface area contributed by atoms with E-state index in [0.717, 1.165) is 19.3 Å². The van der Waals surface area contributed by atoms with Crippen LogP contribution < -0.4 is 9.47 Å². The molecule has 1 fully saturated rings. The number of likely N-dealkylation sites (tertiary alicyclic amines) is 1. The van der Waals surface area contributed by atoms with E-state index in [1.807, 2.05) is 18.7 Å². The molecule has 1 saturated heterocycles. The predicted molar refractivity (Wildman–Crippen MR) is 98.9 cm³/mol. The number of hydrogen-bond acceptors (Lipinski definition) is 4. The van der Waals surface area contributed by atoms with E-state index in [1.165, 1.54) is 0 Å². The lowest BCUT2D eigenvalue weighted by atomic mass is 9.93. The molecule has 1 aromatic rings. The van der Waals surface area contributed by atoms with Crippen molar-refractivity contribution < 1.29 is 24.2 Å². The average molecular weight is 363 g/mol. The van der Waals surface area contributed by atoms with Crippen molar-refractivity contribution in [2.24, 2.45) is 5.92 Å². The number of carbonyl (C=O) groups is 2. The number of aliphatic carboxylic acids is 1. The van der Waals surface area contributed by atoms with Crippen LogP contribution in [0.3, 0.4) is 0 Å². The molecule has 26 heavy (non-hydrogen) atoms. The summed E-state index contributed by atoms with van der Waals surface area (Å²) in [7, 11) is 0. The summed E-state index contributed by atoms with van der Waals surface area (Å²) in [5.41, 5.74) is 0.580. The van der Waals surface area contributed by atoms with Gasteiger partial charge in [-0.05, 0) is 56.7 Å². The first kappa shape index (κ1) is 20.1. The van der Waals surface area contributed by atoms with Gasteiger partial charge in [0.2, 0.25) is 0 Å². The number of ether oxygens (including phenoxy) is 2. The van der Waals surface area contributed by atoms with Crippen LogP contribution in [0, 0.1) is 5.92 Å². The number of piperidine rings is 1. The number of rotatable bonds is 9. The average Bonchev–Trinajstić information content (AvgIpc) is 2.65. The number of benzene rings is 1. The minimum atomic E-state index is -0.780.